The van der Waals surface area contributed by atoms with Crippen molar-refractivity contribution in [2.45, 2.75) is 68.6 Å². The van der Waals surface area contributed by atoms with Gasteiger partial charge in [-0.2, -0.15) is 13.2 Å². The van der Waals surface area contributed by atoms with Crippen LogP contribution in [0.3, 0.4) is 0 Å². The maximum Gasteiger partial charge on any atom is 0.433 e. The highest BCUT2D eigenvalue weighted by Crippen LogP contribution is 2.49. The van der Waals surface area contributed by atoms with Crippen molar-refractivity contribution in [1.29, 1.82) is 0 Å². The van der Waals surface area contributed by atoms with Crippen LogP contribution in [0.5, 0.6) is 0 Å². The van der Waals surface area contributed by atoms with Gasteiger partial charge in [0, 0.05) is 44.6 Å². The largest absolute Gasteiger partial charge is 0.433 e. The number of rotatable bonds is 4. The van der Waals surface area contributed by atoms with Gasteiger partial charge in [0.15, 0.2) is 0 Å². The molecule has 4 rings (SSSR count). The van der Waals surface area contributed by atoms with Crippen LogP contribution in [-0.2, 0) is 21.9 Å². The van der Waals surface area contributed by atoms with Crippen LogP contribution in [0.2, 0.25) is 0 Å². The maximum atomic E-state index is 12.9. The van der Waals surface area contributed by atoms with E-state index in [1.54, 1.807) is 6.92 Å². The smallest absolute Gasteiger partial charge is 0.381 e. The summed E-state index contributed by atoms with van der Waals surface area (Å²) in [7, 11) is -1.47. The van der Waals surface area contributed by atoms with Gasteiger partial charge in [0.05, 0.1) is 4.90 Å². The summed E-state index contributed by atoms with van der Waals surface area (Å²) in [5.41, 5.74) is -0.238. The summed E-state index contributed by atoms with van der Waals surface area (Å²) in [6.45, 7) is 4.66. The molecule has 0 bridgehead atoms. The highest BCUT2D eigenvalue weighted by Gasteiger charge is 2.47. The number of aryl methyl sites for hydroxylation is 1. The molecule has 0 radical (unpaired) electrons. The predicted octanol–water partition coefficient (Wildman–Crippen LogP) is 3.44. The van der Waals surface area contributed by atoms with Crippen LogP contribution in [0.4, 0.5) is 13.2 Å². The van der Waals surface area contributed by atoms with Crippen LogP contribution in [-0.4, -0.2) is 51.9 Å². The highest BCUT2D eigenvalue weighted by molar-refractivity contribution is 7.82. The summed E-state index contributed by atoms with van der Waals surface area (Å²) in [6.07, 6.45) is 3.08. The minimum Gasteiger partial charge on any atom is -0.381 e. The molecule has 9 heteroatoms. The summed E-state index contributed by atoms with van der Waals surface area (Å²) < 4.78 is 58.6. The van der Waals surface area contributed by atoms with Crippen LogP contribution >= 0.6 is 0 Å². The van der Waals surface area contributed by atoms with Crippen LogP contribution in [0.15, 0.2) is 17.2 Å². The van der Waals surface area contributed by atoms with Gasteiger partial charge >= 0.3 is 6.18 Å². The number of aromatic nitrogens is 1. The number of alkyl halides is 3. The Hall–Kier alpha value is -1.03. The number of ether oxygens (including phenoxy) is 1. The van der Waals surface area contributed by atoms with Crippen molar-refractivity contribution in [2.24, 2.45) is 5.41 Å². The minimum absolute atomic E-state index is 0.330. The molecule has 3 aliphatic rings. The van der Waals surface area contributed by atoms with Gasteiger partial charge in [-0.3, -0.25) is 4.98 Å². The van der Waals surface area contributed by atoms with Crippen molar-refractivity contribution in [3.05, 3.63) is 23.5 Å². The first-order valence-electron chi connectivity index (χ1n) is 10.3. The third-order valence-electron chi connectivity index (χ3n) is 6.61. The van der Waals surface area contributed by atoms with Crippen molar-refractivity contribution in [1.82, 2.24) is 14.6 Å². The Balaban J connectivity index is 1.29. The second-order valence-corrected chi connectivity index (χ2v) is 10.1. The number of nitrogens with one attached hydrogen (secondary N) is 1. The monoisotopic (exact) mass is 431 g/mol. The topological polar surface area (TPSA) is 54.5 Å². The Morgan fingerprint density at radius 2 is 1.86 bits per heavy atom. The van der Waals surface area contributed by atoms with Crippen LogP contribution in [0, 0.1) is 12.3 Å². The number of pyridine rings is 1. The van der Waals surface area contributed by atoms with E-state index in [0.717, 1.165) is 64.0 Å². The van der Waals surface area contributed by atoms with Gasteiger partial charge in [-0.25, -0.2) is 8.51 Å². The SMILES string of the molecule is Cc1cc(C(F)(F)F)ncc1S(=O)N1CCC2(CC1)CC(NC1CCOCC1)C2. The van der Waals surface area contributed by atoms with Gasteiger partial charge < -0.3 is 10.1 Å². The first kappa shape index (κ1) is 21.2. The average Bonchev–Trinajstić information content (AvgIpc) is 2.67. The van der Waals surface area contributed by atoms with E-state index in [1.165, 1.54) is 0 Å². The molecule has 1 aromatic heterocycles. The Labute approximate surface area is 172 Å². The molecule has 1 spiro atoms. The normalized spacial score (nSPS) is 25.1. The average molecular weight is 432 g/mol. The second-order valence-electron chi connectivity index (χ2n) is 8.67. The zero-order valence-corrected chi connectivity index (χ0v) is 17.5. The zero-order valence-electron chi connectivity index (χ0n) is 16.6. The van der Waals surface area contributed by atoms with E-state index in [-0.39, 0.29) is 0 Å². The zero-order chi connectivity index (χ0) is 20.6. The molecule has 0 amide bonds. The molecular weight excluding hydrogens is 403 g/mol. The maximum absolute atomic E-state index is 12.9. The number of hydrogen-bond acceptors (Lipinski definition) is 4. The number of hydrogen-bond donors (Lipinski definition) is 1. The quantitative estimate of drug-likeness (QED) is 0.794. The second kappa shape index (κ2) is 8.24. The Morgan fingerprint density at radius 3 is 2.45 bits per heavy atom. The summed E-state index contributed by atoms with van der Waals surface area (Å²) in [5.74, 6) is 0. The van der Waals surface area contributed by atoms with E-state index >= 15 is 0 Å². The molecule has 1 N–H and O–H groups in total. The summed E-state index contributed by atoms with van der Waals surface area (Å²) in [4.78, 5) is 3.86. The minimum atomic E-state index is -4.48. The molecule has 0 aromatic carbocycles. The van der Waals surface area contributed by atoms with Crippen LogP contribution in [0.1, 0.15) is 49.8 Å². The lowest BCUT2D eigenvalue weighted by molar-refractivity contribution is -0.141. The molecule has 3 heterocycles. The van der Waals surface area contributed by atoms with Crippen LogP contribution in [0.25, 0.3) is 0 Å². The summed E-state index contributed by atoms with van der Waals surface area (Å²) in [6, 6.07) is 2.11. The first-order chi connectivity index (χ1) is 13.8. The van der Waals surface area contributed by atoms with Gasteiger partial charge in [0.2, 0.25) is 0 Å². The third kappa shape index (κ3) is 4.68. The van der Waals surface area contributed by atoms with Gasteiger partial charge in [0.25, 0.3) is 0 Å². The van der Waals surface area contributed by atoms with Crippen LogP contribution < -0.4 is 5.32 Å². The molecule has 29 heavy (non-hydrogen) atoms. The predicted molar refractivity (Wildman–Crippen MR) is 104 cm³/mol. The molecule has 1 aliphatic carbocycles. The Kier molecular flexibility index (Phi) is 6.03. The number of nitrogens with zero attached hydrogens (tertiary/aromatic N) is 2. The summed E-state index contributed by atoms with van der Waals surface area (Å²) >= 11 is 0. The fourth-order valence-corrected chi connectivity index (χ4v) is 6.13. The van der Waals surface area contributed by atoms with Crippen molar-refractivity contribution in [2.75, 3.05) is 26.3 Å². The molecule has 1 unspecified atom stereocenters. The summed E-state index contributed by atoms with van der Waals surface area (Å²) in [5, 5.41) is 3.76. The number of piperidine rings is 1. The lowest BCUT2D eigenvalue weighted by Gasteiger charge is -2.53. The molecule has 1 saturated carbocycles. The molecule has 5 nitrogen and oxygen atoms in total. The molecule has 162 valence electrons. The van der Waals surface area contributed by atoms with Crippen molar-refractivity contribution < 1.29 is 22.1 Å². The molecule has 2 saturated heterocycles. The molecular formula is C20H28F3N3O2S. The van der Waals surface area contributed by atoms with Crippen molar-refractivity contribution in [3.8, 4) is 0 Å². The van der Waals surface area contributed by atoms with E-state index in [4.69, 9.17) is 4.74 Å². The first-order valence-corrected chi connectivity index (χ1v) is 11.4. The van der Waals surface area contributed by atoms with Crippen molar-refractivity contribution >= 4 is 11.0 Å². The fraction of sp³-hybridized carbons (Fsp3) is 0.750. The molecule has 1 atom stereocenters. The van der Waals surface area contributed by atoms with E-state index in [2.05, 4.69) is 10.3 Å². The standard InChI is InChI=1S/C20H28F3N3O2S/c1-14-10-18(20(21,22)23)24-13-17(14)29(27)26-6-4-19(5-7-26)11-16(12-19)25-15-2-8-28-9-3-15/h10,13,15-16,25H,2-9,11-12H2,1H3. The molecule has 3 fully saturated rings. The molecule has 2 aliphatic heterocycles. The van der Waals surface area contributed by atoms with E-state index in [1.807, 2.05) is 4.31 Å². The van der Waals surface area contributed by atoms with Gasteiger partial charge in [0.1, 0.15) is 16.7 Å². The Morgan fingerprint density at radius 1 is 1.21 bits per heavy atom. The lowest BCUT2D eigenvalue weighted by Crippen LogP contribution is -2.56. The highest BCUT2D eigenvalue weighted by atomic mass is 32.2. The third-order valence-corrected chi connectivity index (χ3v) is 8.25. The van der Waals surface area contributed by atoms with E-state index in [0.29, 0.717) is 41.0 Å². The number of halogens is 3. The fourth-order valence-electron chi connectivity index (χ4n) is 4.86. The lowest BCUT2D eigenvalue weighted by atomic mass is 9.60. The van der Waals surface area contributed by atoms with E-state index in [9.17, 15) is 17.4 Å². The Bertz CT molecular complexity index is 752. The van der Waals surface area contributed by atoms with Gasteiger partial charge in [-0.05, 0) is 62.5 Å². The van der Waals surface area contributed by atoms with Crippen molar-refractivity contribution in [3.63, 3.8) is 0 Å². The van der Waals surface area contributed by atoms with Gasteiger partial charge in [-0.1, -0.05) is 0 Å². The van der Waals surface area contributed by atoms with E-state index < -0.39 is 22.9 Å². The van der Waals surface area contributed by atoms with Gasteiger partial charge in [-0.15, -0.1) is 0 Å². The molecule has 1 aromatic rings.